The van der Waals surface area contributed by atoms with Gasteiger partial charge in [0, 0.05) is 16.9 Å². The standard InChI is InChI=1S/C17H16N2O4/c1-10-14-12(18-23)8-5-9-13(14)19(11-6-3-2-4-7-11)16(20)15(10)17(21)22/h2-4,6-7,23H,5,8-9H2,1H3,(H,21,22)/b18-12-. The highest BCUT2D eigenvalue weighted by Gasteiger charge is 2.28. The van der Waals surface area contributed by atoms with E-state index in [0.29, 0.717) is 41.1 Å². The first kappa shape index (κ1) is 15.0. The molecule has 0 fully saturated rings. The second-order valence-corrected chi connectivity index (χ2v) is 5.50. The first-order valence-corrected chi connectivity index (χ1v) is 7.34. The number of aromatic nitrogens is 1. The number of para-hydroxylation sites is 1. The van der Waals surface area contributed by atoms with Gasteiger partial charge >= 0.3 is 5.97 Å². The summed E-state index contributed by atoms with van der Waals surface area (Å²) >= 11 is 0. The number of hydrogen-bond acceptors (Lipinski definition) is 4. The average Bonchev–Trinajstić information content (AvgIpc) is 2.55. The van der Waals surface area contributed by atoms with Crippen LogP contribution in [0.1, 0.15) is 40.0 Å². The Hall–Kier alpha value is -2.89. The molecule has 1 aliphatic carbocycles. The van der Waals surface area contributed by atoms with E-state index in [4.69, 9.17) is 0 Å². The lowest BCUT2D eigenvalue weighted by atomic mass is 9.88. The Morgan fingerprint density at radius 3 is 2.52 bits per heavy atom. The van der Waals surface area contributed by atoms with Gasteiger partial charge in [-0.3, -0.25) is 9.36 Å². The Balaban J connectivity index is 2.47. The Kier molecular flexibility index (Phi) is 3.73. The summed E-state index contributed by atoms with van der Waals surface area (Å²) < 4.78 is 1.43. The van der Waals surface area contributed by atoms with Crippen LogP contribution in [0, 0.1) is 6.92 Å². The highest BCUT2D eigenvalue weighted by molar-refractivity contribution is 6.05. The fourth-order valence-electron chi connectivity index (χ4n) is 3.22. The molecule has 0 aliphatic heterocycles. The van der Waals surface area contributed by atoms with Crippen molar-refractivity contribution in [1.29, 1.82) is 0 Å². The Morgan fingerprint density at radius 1 is 1.22 bits per heavy atom. The largest absolute Gasteiger partial charge is 0.477 e. The third-order valence-electron chi connectivity index (χ3n) is 4.19. The minimum atomic E-state index is -1.28. The van der Waals surface area contributed by atoms with E-state index in [1.165, 1.54) is 4.57 Å². The molecule has 1 aromatic carbocycles. The maximum Gasteiger partial charge on any atom is 0.341 e. The molecule has 6 heteroatoms. The zero-order chi connectivity index (χ0) is 16.6. The summed E-state index contributed by atoms with van der Waals surface area (Å²) in [6, 6.07) is 8.92. The predicted molar refractivity (Wildman–Crippen MR) is 85.0 cm³/mol. The molecule has 3 rings (SSSR count). The summed E-state index contributed by atoms with van der Waals surface area (Å²) in [5.74, 6) is -1.28. The van der Waals surface area contributed by atoms with Gasteiger partial charge in [-0.05, 0) is 43.9 Å². The molecular weight excluding hydrogens is 296 g/mol. The molecule has 0 spiro atoms. The van der Waals surface area contributed by atoms with E-state index in [1.54, 1.807) is 31.2 Å². The first-order chi connectivity index (χ1) is 11.1. The normalized spacial score (nSPS) is 15.4. The molecule has 0 saturated heterocycles. The van der Waals surface area contributed by atoms with Gasteiger partial charge in [0.25, 0.3) is 5.56 Å². The third kappa shape index (κ3) is 2.32. The van der Waals surface area contributed by atoms with Crippen LogP contribution in [0.25, 0.3) is 5.69 Å². The zero-order valence-corrected chi connectivity index (χ0v) is 12.6. The smallest absolute Gasteiger partial charge is 0.341 e. The van der Waals surface area contributed by atoms with E-state index in [-0.39, 0.29) is 5.56 Å². The fourth-order valence-corrected chi connectivity index (χ4v) is 3.22. The highest BCUT2D eigenvalue weighted by atomic mass is 16.4. The number of benzene rings is 1. The predicted octanol–water partition coefficient (Wildman–Crippen LogP) is 2.36. The molecule has 1 aromatic heterocycles. The molecule has 118 valence electrons. The Bertz CT molecular complexity index is 866. The van der Waals surface area contributed by atoms with E-state index in [0.717, 1.165) is 6.42 Å². The van der Waals surface area contributed by atoms with Crippen molar-refractivity contribution >= 4 is 11.7 Å². The van der Waals surface area contributed by atoms with E-state index in [9.17, 15) is 19.9 Å². The minimum Gasteiger partial charge on any atom is -0.477 e. The van der Waals surface area contributed by atoms with E-state index < -0.39 is 11.5 Å². The van der Waals surface area contributed by atoms with Crippen molar-refractivity contribution in [2.24, 2.45) is 5.16 Å². The van der Waals surface area contributed by atoms with Crippen molar-refractivity contribution in [3.8, 4) is 5.69 Å². The van der Waals surface area contributed by atoms with Crippen molar-refractivity contribution in [2.75, 3.05) is 0 Å². The van der Waals surface area contributed by atoms with Crippen LogP contribution >= 0.6 is 0 Å². The molecule has 0 saturated carbocycles. The SMILES string of the molecule is Cc1c2c(n(-c3ccccc3)c(=O)c1C(=O)O)CCC/C2=N/O. The molecule has 0 bridgehead atoms. The number of hydrogen-bond donors (Lipinski definition) is 2. The number of oxime groups is 1. The Morgan fingerprint density at radius 2 is 1.91 bits per heavy atom. The van der Waals surface area contributed by atoms with Crippen LogP contribution in [0.2, 0.25) is 0 Å². The van der Waals surface area contributed by atoms with Crippen molar-refractivity contribution in [2.45, 2.75) is 26.2 Å². The van der Waals surface area contributed by atoms with Gasteiger partial charge in [-0.15, -0.1) is 0 Å². The molecule has 1 heterocycles. The molecular formula is C17H16N2O4. The van der Waals surface area contributed by atoms with Crippen LogP contribution in [0.3, 0.4) is 0 Å². The van der Waals surface area contributed by atoms with Crippen molar-refractivity contribution < 1.29 is 15.1 Å². The van der Waals surface area contributed by atoms with Gasteiger partial charge in [0.15, 0.2) is 0 Å². The molecule has 2 aromatic rings. The van der Waals surface area contributed by atoms with Crippen molar-refractivity contribution in [3.63, 3.8) is 0 Å². The molecule has 2 N–H and O–H groups in total. The number of aromatic carboxylic acids is 1. The maximum atomic E-state index is 12.8. The zero-order valence-electron chi connectivity index (χ0n) is 12.6. The first-order valence-electron chi connectivity index (χ1n) is 7.34. The van der Waals surface area contributed by atoms with Gasteiger partial charge in [-0.1, -0.05) is 23.4 Å². The number of carboxylic acid groups (broad SMARTS) is 1. The molecule has 23 heavy (non-hydrogen) atoms. The summed E-state index contributed by atoms with van der Waals surface area (Å²) in [5.41, 5.74) is 1.82. The van der Waals surface area contributed by atoms with Crippen LogP contribution in [0.5, 0.6) is 0 Å². The van der Waals surface area contributed by atoms with Crippen LogP contribution < -0.4 is 5.56 Å². The number of pyridine rings is 1. The van der Waals surface area contributed by atoms with Crippen LogP contribution in [-0.4, -0.2) is 26.6 Å². The van der Waals surface area contributed by atoms with Gasteiger partial charge < -0.3 is 10.3 Å². The summed E-state index contributed by atoms with van der Waals surface area (Å²) in [6.07, 6.45) is 1.92. The number of carbonyl (C=O) groups is 1. The van der Waals surface area contributed by atoms with Gasteiger partial charge in [-0.25, -0.2) is 4.79 Å². The fraction of sp³-hybridized carbons (Fsp3) is 0.235. The van der Waals surface area contributed by atoms with Crippen LogP contribution in [0.4, 0.5) is 0 Å². The van der Waals surface area contributed by atoms with Crippen LogP contribution in [0.15, 0.2) is 40.3 Å². The van der Waals surface area contributed by atoms with E-state index in [2.05, 4.69) is 5.16 Å². The molecule has 1 aliphatic rings. The highest BCUT2D eigenvalue weighted by Crippen LogP contribution is 2.27. The summed E-state index contributed by atoms with van der Waals surface area (Å²) in [4.78, 5) is 24.4. The van der Waals surface area contributed by atoms with Gasteiger partial charge in [-0.2, -0.15) is 0 Å². The lowest BCUT2D eigenvalue weighted by Gasteiger charge is -2.24. The summed E-state index contributed by atoms with van der Waals surface area (Å²) in [7, 11) is 0. The van der Waals surface area contributed by atoms with Crippen molar-refractivity contribution in [1.82, 2.24) is 4.57 Å². The third-order valence-corrected chi connectivity index (χ3v) is 4.19. The monoisotopic (exact) mass is 312 g/mol. The number of fused-ring (bicyclic) bond motifs is 1. The second kappa shape index (κ2) is 5.72. The lowest BCUT2D eigenvalue weighted by Crippen LogP contribution is -2.34. The van der Waals surface area contributed by atoms with Crippen LogP contribution in [-0.2, 0) is 6.42 Å². The van der Waals surface area contributed by atoms with Gasteiger partial charge in [0.1, 0.15) is 5.56 Å². The minimum absolute atomic E-state index is 0.282. The van der Waals surface area contributed by atoms with Gasteiger partial charge in [0.05, 0.1) is 5.71 Å². The summed E-state index contributed by atoms with van der Waals surface area (Å²) in [5, 5.41) is 22.1. The summed E-state index contributed by atoms with van der Waals surface area (Å²) in [6.45, 7) is 1.59. The second-order valence-electron chi connectivity index (χ2n) is 5.50. The molecule has 0 amide bonds. The van der Waals surface area contributed by atoms with Gasteiger partial charge in [0.2, 0.25) is 0 Å². The molecule has 6 nitrogen and oxygen atoms in total. The maximum absolute atomic E-state index is 12.8. The van der Waals surface area contributed by atoms with E-state index in [1.807, 2.05) is 6.07 Å². The number of rotatable bonds is 2. The molecule has 0 unspecified atom stereocenters. The number of nitrogens with zero attached hydrogens (tertiary/aromatic N) is 2. The molecule has 0 radical (unpaired) electrons. The topological polar surface area (TPSA) is 91.9 Å². The lowest BCUT2D eigenvalue weighted by molar-refractivity contribution is 0.0693. The van der Waals surface area contributed by atoms with E-state index >= 15 is 0 Å². The molecule has 0 atom stereocenters. The Labute approximate surface area is 132 Å². The average molecular weight is 312 g/mol. The number of carboxylic acids is 1. The quantitative estimate of drug-likeness (QED) is 0.657. The van der Waals surface area contributed by atoms with Crippen molar-refractivity contribution in [3.05, 3.63) is 63.1 Å².